The summed E-state index contributed by atoms with van der Waals surface area (Å²) in [4.78, 5) is 13.4. The lowest BCUT2D eigenvalue weighted by Gasteiger charge is -2.33. The molecule has 1 aliphatic heterocycles. The largest absolute Gasteiger partial charge is 0.340 e. The van der Waals surface area contributed by atoms with Crippen LogP contribution in [-0.2, 0) is 13.1 Å². The SMILES string of the molecule is Cc1nc(CN2CCN(Cc3ccccn3)CC2)no1. The Morgan fingerprint density at radius 1 is 1.10 bits per heavy atom. The molecule has 1 aliphatic rings. The van der Waals surface area contributed by atoms with Crippen molar-refractivity contribution in [2.24, 2.45) is 0 Å². The van der Waals surface area contributed by atoms with Crippen LogP contribution in [0.15, 0.2) is 28.9 Å². The van der Waals surface area contributed by atoms with Gasteiger partial charge in [-0.1, -0.05) is 11.2 Å². The van der Waals surface area contributed by atoms with E-state index in [0.717, 1.165) is 50.8 Å². The van der Waals surface area contributed by atoms with Crippen LogP contribution in [0.3, 0.4) is 0 Å². The molecule has 0 N–H and O–H groups in total. The maximum absolute atomic E-state index is 5.00. The molecular formula is C14H19N5O. The van der Waals surface area contributed by atoms with Crippen molar-refractivity contribution in [2.75, 3.05) is 26.2 Å². The Morgan fingerprint density at radius 3 is 2.45 bits per heavy atom. The number of aryl methyl sites for hydroxylation is 1. The van der Waals surface area contributed by atoms with Crippen LogP contribution in [0.1, 0.15) is 17.4 Å². The second-order valence-electron chi connectivity index (χ2n) is 5.10. The van der Waals surface area contributed by atoms with Crippen molar-refractivity contribution in [1.29, 1.82) is 0 Å². The Bertz CT molecular complexity index is 534. The van der Waals surface area contributed by atoms with E-state index in [1.54, 1.807) is 0 Å². The minimum absolute atomic E-state index is 0.633. The smallest absolute Gasteiger partial charge is 0.223 e. The van der Waals surface area contributed by atoms with Gasteiger partial charge in [-0.05, 0) is 12.1 Å². The normalized spacial score (nSPS) is 17.4. The molecule has 0 aromatic carbocycles. The predicted molar refractivity (Wildman–Crippen MR) is 73.8 cm³/mol. The molecule has 3 rings (SSSR count). The summed E-state index contributed by atoms with van der Waals surface area (Å²) < 4.78 is 5.00. The second kappa shape index (κ2) is 6.11. The third-order valence-electron chi connectivity index (χ3n) is 3.51. The Kier molecular flexibility index (Phi) is 4.03. The Balaban J connectivity index is 1.47. The second-order valence-corrected chi connectivity index (χ2v) is 5.10. The Labute approximate surface area is 118 Å². The lowest BCUT2D eigenvalue weighted by Crippen LogP contribution is -2.45. The first-order chi connectivity index (χ1) is 9.79. The summed E-state index contributed by atoms with van der Waals surface area (Å²) in [6.45, 7) is 7.67. The van der Waals surface area contributed by atoms with Crippen LogP contribution in [0.25, 0.3) is 0 Å². The molecule has 2 aromatic heterocycles. The van der Waals surface area contributed by atoms with Gasteiger partial charge >= 0.3 is 0 Å². The van der Waals surface area contributed by atoms with Crippen LogP contribution in [0.5, 0.6) is 0 Å². The van der Waals surface area contributed by atoms with Crippen LogP contribution in [0.4, 0.5) is 0 Å². The fourth-order valence-corrected chi connectivity index (χ4v) is 2.43. The van der Waals surface area contributed by atoms with Crippen molar-refractivity contribution >= 4 is 0 Å². The first-order valence-electron chi connectivity index (χ1n) is 6.93. The molecule has 0 atom stereocenters. The standard InChI is InChI=1S/C14H19N5O/c1-12-16-14(17-20-12)11-19-8-6-18(7-9-19)10-13-4-2-3-5-15-13/h2-5H,6-11H2,1H3. The van der Waals surface area contributed by atoms with Crippen LogP contribution >= 0.6 is 0 Å². The van der Waals surface area contributed by atoms with Crippen LogP contribution in [-0.4, -0.2) is 51.1 Å². The molecule has 0 saturated carbocycles. The zero-order chi connectivity index (χ0) is 13.8. The fourth-order valence-electron chi connectivity index (χ4n) is 2.43. The third kappa shape index (κ3) is 3.40. The zero-order valence-electron chi connectivity index (χ0n) is 11.7. The topological polar surface area (TPSA) is 58.3 Å². The number of aromatic nitrogens is 3. The van der Waals surface area contributed by atoms with Gasteiger partial charge in [-0.2, -0.15) is 4.98 Å². The average molecular weight is 273 g/mol. The number of rotatable bonds is 4. The van der Waals surface area contributed by atoms with E-state index < -0.39 is 0 Å². The van der Waals surface area contributed by atoms with Gasteiger partial charge < -0.3 is 4.52 Å². The monoisotopic (exact) mass is 273 g/mol. The van der Waals surface area contributed by atoms with Crippen molar-refractivity contribution in [3.8, 4) is 0 Å². The van der Waals surface area contributed by atoms with Gasteiger partial charge in [-0.25, -0.2) is 0 Å². The van der Waals surface area contributed by atoms with Gasteiger partial charge in [0.25, 0.3) is 0 Å². The van der Waals surface area contributed by atoms with Gasteiger partial charge in [0.2, 0.25) is 5.89 Å². The van der Waals surface area contributed by atoms with Gasteiger partial charge in [0.15, 0.2) is 5.82 Å². The first-order valence-corrected chi connectivity index (χ1v) is 6.93. The summed E-state index contributed by atoms with van der Waals surface area (Å²) in [6, 6.07) is 6.07. The lowest BCUT2D eigenvalue weighted by atomic mass is 10.2. The number of hydrogen-bond donors (Lipinski definition) is 0. The summed E-state index contributed by atoms with van der Waals surface area (Å²) in [5.74, 6) is 1.41. The van der Waals surface area contributed by atoms with Crippen LogP contribution in [0.2, 0.25) is 0 Å². The maximum Gasteiger partial charge on any atom is 0.223 e. The molecule has 106 valence electrons. The summed E-state index contributed by atoms with van der Waals surface area (Å²) in [6.07, 6.45) is 1.85. The summed E-state index contributed by atoms with van der Waals surface area (Å²) in [5.41, 5.74) is 1.13. The number of hydrogen-bond acceptors (Lipinski definition) is 6. The van der Waals surface area contributed by atoms with Gasteiger partial charge in [0, 0.05) is 45.8 Å². The average Bonchev–Trinajstić information content (AvgIpc) is 2.88. The summed E-state index contributed by atoms with van der Waals surface area (Å²) >= 11 is 0. The number of piperazine rings is 1. The highest BCUT2D eigenvalue weighted by Gasteiger charge is 2.18. The summed E-state index contributed by atoms with van der Waals surface area (Å²) in [5, 5.41) is 3.95. The lowest BCUT2D eigenvalue weighted by molar-refractivity contribution is 0.118. The van der Waals surface area contributed by atoms with Gasteiger partial charge in [0.1, 0.15) is 0 Å². The molecule has 0 amide bonds. The van der Waals surface area contributed by atoms with E-state index in [9.17, 15) is 0 Å². The highest BCUT2D eigenvalue weighted by Crippen LogP contribution is 2.09. The predicted octanol–water partition coefficient (Wildman–Crippen LogP) is 1.09. The molecule has 6 heteroatoms. The van der Waals surface area contributed by atoms with Crippen molar-refractivity contribution in [3.05, 3.63) is 41.8 Å². The quantitative estimate of drug-likeness (QED) is 0.831. The van der Waals surface area contributed by atoms with Gasteiger partial charge in [0.05, 0.1) is 12.2 Å². The van der Waals surface area contributed by atoms with E-state index in [2.05, 4.69) is 31.0 Å². The molecule has 6 nitrogen and oxygen atoms in total. The van der Waals surface area contributed by atoms with Crippen LogP contribution < -0.4 is 0 Å². The molecule has 1 fully saturated rings. The number of pyridine rings is 1. The highest BCUT2D eigenvalue weighted by molar-refractivity contribution is 5.03. The van der Waals surface area contributed by atoms with Crippen molar-refractivity contribution in [2.45, 2.75) is 20.0 Å². The third-order valence-corrected chi connectivity index (χ3v) is 3.51. The van der Waals surface area contributed by atoms with Gasteiger partial charge in [-0.3, -0.25) is 14.8 Å². The molecule has 0 bridgehead atoms. The molecule has 20 heavy (non-hydrogen) atoms. The zero-order valence-corrected chi connectivity index (χ0v) is 11.7. The molecule has 0 spiro atoms. The minimum atomic E-state index is 0.633. The van der Waals surface area contributed by atoms with E-state index in [1.165, 1.54) is 0 Å². The van der Waals surface area contributed by atoms with Crippen molar-refractivity contribution in [1.82, 2.24) is 24.9 Å². The first kappa shape index (κ1) is 13.2. The molecule has 1 saturated heterocycles. The molecule has 3 heterocycles. The van der Waals surface area contributed by atoms with E-state index in [-0.39, 0.29) is 0 Å². The van der Waals surface area contributed by atoms with Gasteiger partial charge in [-0.15, -0.1) is 0 Å². The fraction of sp³-hybridized carbons (Fsp3) is 0.500. The summed E-state index contributed by atoms with van der Waals surface area (Å²) in [7, 11) is 0. The number of nitrogens with zero attached hydrogens (tertiary/aromatic N) is 5. The van der Waals surface area contributed by atoms with E-state index >= 15 is 0 Å². The van der Waals surface area contributed by atoms with Crippen LogP contribution in [0, 0.1) is 6.92 Å². The Hall–Kier alpha value is -1.79. The van der Waals surface area contributed by atoms with E-state index in [0.29, 0.717) is 5.89 Å². The Morgan fingerprint density at radius 2 is 1.85 bits per heavy atom. The molecule has 0 aliphatic carbocycles. The van der Waals surface area contributed by atoms with Crippen molar-refractivity contribution in [3.63, 3.8) is 0 Å². The maximum atomic E-state index is 5.00. The molecule has 0 radical (unpaired) electrons. The highest BCUT2D eigenvalue weighted by atomic mass is 16.5. The van der Waals surface area contributed by atoms with E-state index in [1.807, 2.05) is 25.3 Å². The molecule has 0 unspecified atom stereocenters. The minimum Gasteiger partial charge on any atom is -0.340 e. The molecular weight excluding hydrogens is 254 g/mol. The van der Waals surface area contributed by atoms with Crippen molar-refractivity contribution < 1.29 is 4.52 Å². The van der Waals surface area contributed by atoms with E-state index in [4.69, 9.17) is 4.52 Å². The molecule has 2 aromatic rings.